The number of aryl methyl sites for hydroxylation is 2. The molecule has 0 spiro atoms. The molecule has 3 saturated heterocycles. The number of anilines is 1. The average Bonchev–Trinajstić information content (AvgIpc) is 3.30. The van der Waals surface area contributed by atoms with Gasteiger partial charge in [0.1, 0.15) is 0 Å². The van der Waals surface area contributed by atoms with Gasteiger partial charge in [0, 0.05) is 50.6 Å². The lowest BCUT2D eigenvalue weighted by Crippen LogP contribution is -2.62. The minimum absolute atomic E-state index is 0.0604. The van der Waals surface area contributed by atoms with E-state index in [9.17, 15) is 14.4 Å². The maximum atomic E-state index is 14.4. The number of hydrogen-bond acceptors (Lipinski definition) is 6. The first-order valence-electron chi connectivity index (χ1n) is 18.9. The van der Waals surface area contributed by atoms with Crippen molar-refractivity contribution >= 4 is 23.7 Å². The second kappa shape index (κ2) is 16.0. The van der Waals surface area contributed by atoms with Crippen LogP contribution in [0.5, 0.6) is 0 Å². The highest BCUT2D eigenvalue weighted by molar-refractivity contribution is 5.91. The van der Waals surface area contributed by atoms with Crippen molar-refractivity contribution in [3.8, 4) is 0 Å². The van der Waals surface area contributed by atoms with Crippen molar-refractivity contribution < 1.29 is 23.7 Å². The van der Waals surface area contributed by atoms with Crippen LogP contribution in [0.4, 0.5) is 15.3 Å². The van der Waals surface area contributed by atoms with Gasteiger partial charge >= 0.3 is 18.0 Å². The molecule has 49 heavy (non-hydrogen) atoms. The number of carbonyl (C=O) groups is 3. The molecule has 2 aromatic carbocycles. The Bertz CT molecular complexity index is 1460. The van der Waals surface area contributed by atoms with Crippen LogP contribution < -0.4 is 16.0 Å². The number of carbonyl (C=O) groups excluding carboxylic acids is 3. The number of likely N-dealkylation sites (tertiary alicyclic amines) is 1. The van der Waals surface area contributed by atoms with Crippen LogP contribution in [0.2, 0.25) is 0 Å². The van der Waals surface area contributed by atoms with Gasteiger partial charge in [-0.3, -0.25) is 4.48 Å². The van der Waals surface area contributed by atoms with Gasteiger partial charge in [-0.15, -0.1) is 5.06 Å². The summed E-state index contributed by atoms with van der Waals surface area (Å²) in [4.78, 5) is 48.7. The molecule has 0 bridgehead atoms. The average molecular weight is 674 g/mol. The van der Waals surface area contributed by atoms with Crippen LogP contribution in [0.25, 0.3) is 0 Å². The zero-order chi connectivity index (χ0) is 34.4. The molecular weight excluding hydrogens is 616 g/mol. The quantitative estimate of drug-likeness (QED) is 0.313. The zero-order valence-corrected chi connectivity index (χ0v) is 29.8. The molecule has 10 nitrogen and oxygen atoms in total. The fourth-order valence-electron chi connectivity index (χ4n) is 8.73. The molecule has 0 aromatic heterocycles. The van der Waals surface area contributed by atoms with Gasteiger partial charge in [0.2, 0.25) is 0 Å². The van der Waals surface area contributed by atoms with E-state index in [1.165, 1.54) is 24.0 Å². The summed E-state index contributed by atoms with van der Waals surface area (Å²) < 4.78 is 0.341. The van der Waals surface area contributed by atoms with Gasteiger partial charge < -0.3 is 25.7 Å². The number of piperidine rings is 3. The number of hydroxylamine groups is 2. The molecule has 0 aliphatic carbocycles. The number of likely N-dealkylation sites (N-methyl/N-ethyl adjacent to an activating group) is 1. The van der Waals surface area contributed by atoms with E-state index < -0.39 is 12.1 Å². The van der Waals surface area contributed by atoms with Crippen molar-refractivity contribution in [2.45, 2.75) is 90.1 Å². The summed E-state index contributed by atoms with van der Waals surface area (Å²) in [5, 5.41) is 11.3. The summed E-state index contributed by atoms with van der Waals surface area (Å²) in [6, 6.07) is 13.8. The Labute approximate surface area is 292 Å². The highest BCUT2D eigenvalue weighted by Crippen LogP contribution is 2.33. The van der Waals surface area contributed by atoms with Crippen LogP contribution in [0.1, 0.15) is 74.6 Å². The van der Waals surface area contributed by atoms with Crippen molar-refractivity contribution in [2.75, 3.05) is 58.2 Å². The van der Waals surface area contributed by atoms with Crippen LogP contribution in [0.3, 0.4) is 0 Å². The Kier molecular flexibility index (Phi) is 11.6. The second-order valence-corrected chi connectivity index (χ2v) is 14.9. The molecule has 0 radical (unpaired) electrons. The van der Waals surface area contributed by atoms with Crippen molar-refractivity contribution in [2.24, 2.45) is 11.8 Å². The normalized spacial score (nSPS) is 24.8. The maximum absolute atomic E-state index is 14.4. The van der Waals surface area contributed by atoms with E-state index in [4.69, 9.17) is 4.84 Å². The molecule has 0 unspecified atom stereocenters. The SMILES string of the molecule is CCc1ccc(C[C@@H](NC(=O)ON2CCC(N3CCc4ccccc4NC3=O)CC2)C(=O)[N+]2(C)CCC(C3CCNCC3)CC2)cc1CC. The van der Waals surface area contributed by atoms with Crippen LogP contribution in [-0.2, 0) is 35.3 Å². The lowest BCUT2D eigenvalue weighted by Gasteiger charge is -2.42. The first-order valence-corrected chi connectivity index (χ1v) is 18.9. The zero-order valence-electron chi connectivity index (χ0n) is 29.8. The number of para-hydroxylation sites is 1. The number of urea groups is 1. The van der Waals surface area contributed by atoms with Crippen LogP contribution >= 0.6 is 0 Å². The fourth-order valence-corrected chi connectivity index (χ4v) is 8.73. The maximum Gasteiger partial charge on any atom is 0.427 e. The monoisotopic (exact) mass is 673 g/mol. The number of nitrogens with one attached hydrogen (secondary N) is 3. The Hall–Kier alpha value is -3.47. The highest BCUT2D eigenvalue weighted by Gasteiger charge is 2.43. The van der Waals surface area contributed by atoms with Crippen LogP contribution in [0.15, 0.2) is 42.5 Å². The molecule has 4 aliphatic heterocycles. The van der Waals surface area contributed by atoms with Crippen molar-refractivity contribution in [3.05, 3.63) is 64.7 Å². The third-order valence-electron chi connectivity index (χ3n) is 11.8. The predicted octanol–water partition coefficient (Wildman–Crippen LogP) is 5.30. The molecule has 2 aromatic rings. The molecule has 6 rings (SSSR count). The highest BCUT2D eigenvalue weighted by atomic mass is 16.7. The third-order valence-corrected chi connectivity index (χ3v) is 11.8. The van der Waals surface area contributed by atoms with E-state index in [0.29, 0.717) is 49.3 Å². The molecule has 4 aliphatic rings. The first kappa shape index (κ1) is 35.4. The summed E-state index contributed by atoms with van der Waals surface area (Å²) in [6.07, 6.45) is 8.51. The largest absolute Gasteiger partial charge is 0.427 e. The number of rotatable bonds is 9. The third kappa shape index (κ3) is 8.47. The molecule has 0 saturated carbocycles. The van der Waals surface area contributed by atoms with Gasteiger partial charge in [-0.1, -0.05) is 50.2 Å². The van der Waals surface area contributed by atoms with Crippen molar-refractivity contribution in [3.63, 3.8) is 0 Å². The fraction of sp³-hybridized carbons (Fsp3) is 0.615. The smallest absolute Gasteiger partial charge is 0.351 e. The number of nitrogens with zero attached hydrogens (tertiary/aromatic N) is 3. The number of amides is 4. The van der Waals surface area contributed by atoms with Gasteiger partial charge in [-0.2, -0.15) is 0 Å². The number of fused-ring (bicyclic) bond motifs is 1. The van der Waals surface area contributed by atoms with E-state index in [1.807, 2.05) is 23.1 Å². The lowest BCUT2D eigenvalue weighted by molar-refractivity contribution is -0.842. The molecule has 3 N–H and O–H groups in total. The summed E-state index contributed by atoms with van der Waals surface area (Å²) >= 11 is 0. The van der Waals surface area contributed by atoms with Gasteiger partial charge in [-0.25, -0.2) is 14.4 Å². The van der Waals surface area contributed by atoms with Crippen LogP contribution in [0, 0.1) is 11.8 Å². The second-order valence-electron chi connectivity index (χ2n) is 14.9. The molecule has 10 heteroatoms. The van der Waals surface area contributed by atoms with Gasteiger partial charge in [0.25, 0.3) is 0 Å². The van der Waals surface area contributed by atoms with E-state index in [0.717, 1.165) is 81.0 Å². The standard InChI is InChI=1S/C39H56N6O4/c1-4-29-11-10-28(26-30(29)5-2)27-36(37(46)45(3)24-17-32(18-25-45)31-12-19-40-20-13-31)42-39(48)49-43-21-15-34(16-22-43)44-23-14-33-8-6-7-9-35(33)41-38(44)47/h6-11,26,31-32,34,36,40H,4-5,12-25,27H2,1-3H3,(H-,41,42,47,48)/p+1/t32?,36-,45?/m1/s1. The Balaban J connectivity index is 1.08. The van der Waals surface area contributed by atoms with Gasteiger partial charge in [-0.05, 0) is 98.2 Å². The molecule has 4 amide bonds. The van der Waals surface area contributed by atoms with E-state index >= 15 is 0 Å². The predicted molar refractivity (Wildman–Crippen MR) is 192 cm³/mol. The minimum atomic E-state index is -0.690. The summed E-state index contributed by atoms with van der Waals surface area (Å²) in [5.74, 6) is 1.47. The van der Waals surface area contributed by atoms with E-state index in [2.05, 4.69) is 61.1 Å². The van der Waals surface area contributed by atoms with Gasteiger partial charge in [0.15, 0.2) is 6.04 Å². The van der Waals surface area contributed by atoms with Crippen LogP contribution in [-0.4, -0.2) is 97.4 Å². The number of benzene rings is 2. The summed E-state index contributed by atoms with van der Waals surface area (Å²) in [5.41, 5.74) is 5.70. The molecule has 1 atom stereocenters. The molecule has 3 fully saturated rings. The van der Waals surface area contributed by atoms with E-state index in [-0.39, 0.29) is 18.0 Å². The molecule has 266 valence electrons. The molecule has 4 heterocycles. The number of hydrogen-bond donors (Lipinski definition) is 3. The summed E-state index contributed by atoms with van der Waals surface area (Å²) in [6.45, 7) is 9.84. The lowest BCUT2D eigenvalue weighted by atomic mass is 9.78. The minimum Gasteiger partial charge on any atom is -0.351 e. The Morgan fingerprint density at radius 2 is 1.61 bits per heavy atom. The topological polar surface area (TPSA) is 103 Å². The Morgan fingerprint density at radius 1 is 0.918 bits per heavy atom. The number of quaternary nitrogens is 1. The van der Waals surface area contributed by atoms with Crippen molar-refractivity contribution in [1.29, 1.82) is 0 Å². The van der Waals surface area contributed by atoms with E-state index in [1.54, 1.807) is 5.06 Å². The Morgan fingerprint density at radius 3 is 2.33 bits per heavy atom. The van der Waals surface area contributed by atoms with Crippen molar-refractivity contribution in [1.82, 2.24) is 20.6 Å². The summed E-state index contributed by atoms with van der Waals surface area (Å²) in [7, 11) is 2.06. The molecular formula is C39H57N6O4+. The van der Waals surface area contributed by atoms with Gasteiger partial charge in [0.05, 0.1) is 20.1 Å². The first-order chi connectivity index (χ1) is 23.8.